The van der Waals surface area contributed by atoms with Crippen LogP contribution in [0.4, 0.5) is 0 Å². The van der Waals surface area contributed by atoms with E-state index in [1.807, 2.05) is 31.2 Å². The minimum absolute atomic E-state index is 0.00166. The number of hydrogen-bond donors (Lipinski definition) is 1. The van der Waals surface area contributed by atoms with Crippen molar-refractivity contribution in [2.24, 2.45) is 0 Å². The zero-order valence-corrected chi connectivity index (χ0v) is 14.9. The Morgan fingerprint density at radius 3 is 2.38 bits per heavy atom. The van der Waals surface area contributed by atoms with Crippen LogP contribution in [0, 0.1) is 0 Å². The van der Waals surface area contributed by atoms with Crippen molar-refractivity contribution in [1.29, 1.82) is 0 Å². The summed E-state index contributed by atoms with van der Waals surface area (Å²) in [4.78, 5) is 23.5. The molecule has 0 aliphatic carbocycles. The van der Waals surface area contributed by atoms with Crippen LogP contribution >= 0.6 is 0 Å². The molecule has 1 N–H and O–H groups in total. The van der Waals surface area contributed by atoms with E-state index < -0.39 is 0 Å². The molecule has 0 bridgehead atoms. The second kappa shape index (κ2) is 7.83. The van der Waals surface area contributed by atoms with Gasteiger partial charge < -0.3 is 10.1 Å². The molecule has 3 rings (SSSR count). The number of ether oxygens (including phenoxy) is 1. The molecule has 26 heavy (non-hydrogen) atoms. The van der Waals surface area contributed by atoms with E-state index in [1.165, 1.54) is 6.92 Å². The first kappa shape index (κ1) is 17.7. The SMILES string of the molecule is CC(=O)c1ccc(OCC(=O)N[C@@H](C)c2cccc3ccccc23)cc1. The third kappa shape index (κ3) is 4.09. The highest BCUT2D eigenvalue weighted by molar-refractivity contribution is 5.94. The summed E-state index contributed by atoms with van der Waals surface area (Å²) >= 11 is 0. The number of benzene rings is 3. The number of ketones is 1. The number of hydrogen-bond acceptors (Lipinski definition) is 3. The lowest BCUT2D eigenvalue weighted by Crippen LogP contribution is -2.31. The Bertz CT molecular complexity index is 926. The van der Waals surface area contributed by atoms with Gasteiger partial charge in [-0.3, -0.25) is 9.59 Å². The van der Waals surface area contributed by atoms with Crippen molar-refractivity contribution in [2.45, 2.75) is 19.9 Å². The molecular formula is C22H21NO3. The smallest absolute Gasteiger partial charge is 0.258 e. The summed E-state index contributed by atoms with van der Waals surface area (Å²) in [5.41, 5.74) is 1.69. The van der Waals surface area contributed by atoms with Crippen LogP contribution in [0.5, 0.6) is 5.75 Å². The third-order valence-corrected chi connectivity index (χ3v) is 4.30. The molecule has 0 aromatic heterocycles. The van der Waals surface area contributed by atoms with Crippen molar-refractivity contribution in [1.82, 2.24) is 5.32 Å². The maximum Gasteiger partial charge on any atom is 0.258 e. The Morgan fingerprint density at radius 2 is 1.65 bits per heavy atom. The van der Waals surface area contributed by atoms with Crippen molar-refractivity contribution in [3.8, 4) is 5.75 Å². The quantitative estimate of drug-likeness (QED) is 0.677. The minimum Gasteiger partial charge on any atom is -0.484 e. The summed E-state index contributed by atoms with van der Waals surface area (Å²) in [6.07, 6.45) is 0. The van der Waals surface area contributed by atoms with Gasteiger partial charge in [0.1, 0.15) is 5.75 Å². The maximum absolute atomic E-state index is 12.2. The number of nitrogens with one attached hydrogen (secondary N) is 1. The Balaban J connectivity index is 1.61. The standard InChI is InChI=1S/C22H21NO3/c1-15(20-9-5-7-18-6-3-4-8-21(18)20)23-22(25)14-26-19-12-10-17(11-13-19)16(2)24/h3-13,15H,14H2,1-2H3,(H,23,25)/t15-/m0/s1. The lowest BCUT2D eigenvalue weighted by atomic mass is 10.00. The van der Waals surface area contributed by atoms with E-state index in [9.17, 15) is 9.59 Å². The summed E-state index contributed by atoms with van der Waals surface area (Å²) in [6, 6.07) is 20.8. The van der Waals surface area contributed by atoms with E-state index >= 15 is 0 Å². The van der Waals surface area contributed by atoms with Crippen molar-refractivity contribution in [3.63, 3.8) is 0 Å². The zero-order chi connectivity index (χ0) is 18.5. The predicted molar refractivity (Wildman–Crippen MR) is 102 cm³/mol. The average molecular weight is 347 g/mol. The van der Waals surface area contributed by atoms with Crippen molar-refractivity contribution < 1.29 is 14.3 Å². The van der Waals surface area contributed by atoms with Gasteiger partial charge in [0.2, 0.25) is 0 Å². The Hall–Kier alpha value is -3.14. The van der Waals surface area contributed by atoms with Gasteiger partial charge in [-0.25, -0.2) is 0 Å². The highest BCUT2D eigenvalue weighted by atomic mass is 16.5. The molecule has 4 heteroatoms. The number of carbonyl (C=O) groups is 2. The lowest BCUT2D eigenvalue weighted by Gasteiger charge is -2.17. The average Bonchev–Trinajstić information content (AvgIpc) is 2.66. The maximum atomic E-state index is 12.2. The van der Waals surface area contributed by atoms with Crippen LogP contribution in [0.15, 0.2) is 66.7 Å². The number of carbonyl (C=O) groups excluding carboxylic acids is 2. The van der Waals surface area contributed by atoms with Gasteiger partial charge in [0.05, 0.1) is 6.04 Å². The first-order valence-electron chi connectivity index (χ1n) is 8.55. The molecule has 3 aromatic carbocycles. The van der Waals surface area contributed by atoms with Gasteiger partial charge in [-0.1, -0.05) is 42.5 Å². The summed E-state index contributed by atoms with van der Waals surface area (Å²) < 4.78 is 5.50. The highest BCUT2D eigenvalue weighted by Crippen LogP contribution is 2.24. The van der Waals surface area contributed by atoms with Crippen LogP contribution in [0.1, 0.15) is 35.8 Å². The zero-order valence-electron chi connectivity index (χ0n) is 14.9. The second-order valence-corrected chi connectivity index (χ2v) is 6.23. The van der Waals surface area contributed by atoms with E-state index in [2.05, 4.69) is 23.5 Å². The molecular weight excluding hydrogens is 326 g/mol. The molecule has 0 fully saturated rings. The Labute approximate surface area is 152 Å². The van der Waals surface area contributed by atoms with Gasteiger partial charge in [-0.2, -0.15) is 0 Å². The Kier molecular flexibility index (Phi) is 5.32. The van der Waals surface area contributed by atoms with Crippen LogP contribution in [-0.2, 0) is 4.79 Å². The highest BCUT2D eigenvalue weighted by Gasteiger charge is 2.12. The van der Waals surface area contributed by atoms with Gasteiger partial charge in [-0.05, 0) is 54.4 Å². The van der Waals surface area contributed by atoms with E-state index in [0.29, 0.717) is 11.3 Å². The summed E-state index contributed by atoms with van der Waals surface area (Å²) in [5.74, 6) is 0.363. The Morgan fingerprint density at radius 1 is 0.962 bits per heavy atom. The normalized spacial score (nSPS) is 11.8. The van der Waals surface area contributed by atoms with Gasteiger partial charge in [0.25, 0.3) is 5.91 Å². The van der Waals surface area contributed by atoms with Gasteiger partial charge >= 0.3 is 0 Å². The van der Waals surface area contributed by atoms with Crippen molar-refractivity contribution in [2.75, 3.05) is 6.61 Å². The van der Waals surface area contributed by atoms with E-state index in [4.69, 9.17) is 4.74 Å². The molecule has 0 spiro atoms. The fourth-order valence-electron chi connectivity index (χ4n) is 2.92. The molecule has 0 aliphatic rings. The second-order valence-electron chi connectivity index (χ2n) is 6.23. The summed E-state index contributed by atoms with van der Waals surface area (Å²) in [5, 5.41) is 5.24. The molecule has 0 aliphatic heterocycles. The largest absolute Gasteiger partial charge is 0.484 e. The van der Waals surface area contributed by atoms with Crippen LogP contribution in [0.2, 0.25) is 0 Å². The van der Waals surface area contributed by atoms with Gasteiger partial charge in [0, 0.05) is 5.56 Å². The third-order valence-electron chi connectivity index (χ3n) is 4.30. The monoisotopic (exact) mass is 347 g/mol. The fourth-order valence-corrected chi connectivity index (χ4v) is 2.92. The van der Waals surface area contributed by atoms with E-state index in [1.54, 1.807) is 24.3 Å². The van der Waals surface area contributed by atoms with Crippen LogP contribution in [-0.4, -0.2) is 18.3 Å². The fraction of sp³-hybridized carbons (Fsp3) is 0.182. The van der Waals surface area contributed by atoms with Crippen LogP contribution < -0.4 is 10.1 Å². The molecule has 3 aromatic rings. The van der Waals surface area contributed by atoms with Crippen molar-refractivity contribution >= 4 is 22.5 Å². The summed E-state index contributed by atoms with van der Waals surface area (Å²) in [6.45, 7) is 3.40. The number of Topliss-reactive ketones (excluding diaryl/α,β-unsaturated/α-hetero) is 1. The molecule has 4 nitrogen and oxygen atoms in total. The first-order valence-corrected chi connectivity index (χ1v) is 8.55. The molecule has 0 saturated heterocycles. The predicted octanol–water partition coefficient (Wildman–Crippen LogP) is 4.30. The van der Waals surface area contributed by atoms with Gasteiger partial charge in [0.15, 0.2) is 12.4 Å². The topological polar surface area (TPSA) is 55.4 Å². The van der Waals surface area contributed by atoms with E-state index in [-0.39, 0.29) is 24.3 Å². The molecule has 0 radical (unpaired) electrons. The lowest BCUT2D eigenvalue weighted by molar-refractivity contribution is -0.123. The van der Waals surface area contributed by atoms with E-state index in [0.717, 1.165) is 16.3 Å². The molecule has 1 amide bonds. The molecule has 0 heterocycles. The number of fused-ring (bicyclic) bond motifs is 1. The summed E-state index contributed by atoms with van der Waals surface area (Å²) in [7, 11) is 0. The molecule has 0 saturated carbocycles. The number of amides is 1. The molecule has 1 atom stereocenters. The van der Waals surface area contributed by atoms with Gasteiger partial charge in [-0.15, -0.1) is 0 Å². The molecule has 0 unspecified atom stereocenters. The first-order chi connectivity index (χ1) is 12.5. The van der Waals surface area contributed by atoms with Crippen molar-refractivity contribution in [3.05, 3.63) is 77.9 Å². The minimum atomic E-state index is -0.193. The number of rotatable bonds is 6. The van der Waals surface area contributed by atoms with Crippen LogP contribution in [0.25, 0.3) is 10.8 Å². The molecule has 132 valence electrons. The van der Waals surface area contributed by atoms with Crippen LogP contribution in [0.3, 0.4) is 0 Å².